The molecule has 0 unspecified atom stereocenters. The predicted octanol–water partition coefficient (Wildman–Crippen LogP) is 4.16. The number of nitrogens with one attached hydrogen (secondary N) is 1. The van der Waals surface area contributed by atoms with Crippen LogP contribution in [-0.2, 0) is 0 Å². The molecule has 3 N–H and O–H groups in total. The summed E-state index contributed by atoms with van der Waals surface area (Å²) in [6, 6.07) is 5.35. The third-order valence-electron chi connectivity index (χ3n) is 2.85. The van der Waals surface area contributed by atoms with Gasteiger partial charge in [0.25, 0.3) is 5.91 Å². The maximum Gasteiger partial charge on any atom is 0.291 e. The molecule has 126 valence electrons. The fraction of sp³-hybridized carbons (Fsp3) is 0.0714. The first-order chi connectivity index (χ1) is 11.3. The summed E-state index contributed by atoms with van der Waals surface area (Å²) in [6.07, 6.45) is 1.41. The number of ether oxygens (including phenoxy) is 1. The second-order valence-electron chi connectivity index (χ2n) is 4.38. The van der Waals surface area contributed by atoms with Crippen molar-refractivity contribution < 1.29 is 9.53 Å². The number of nitrogen functional groups attached to an aromatic ring is 1. The molecule has 0 bridgehead atoms. The summed E-state index contributed by atoms with van der Waals surface area (Å²) < 4.78 is 6.03. The van der Waals surface area contributed by atoms with Gasteiger partial charge in [0.15, 0.2) is 10.8 Å². The zero-order valence-electron chi connectivity index (χ0n) is 12.1. The number of hydrazone groups is 1. The monoisotopic (exact) mass is 450 g/mol. The van der Waals surface area contributed by atoms with Crippen molar-refractivity contribution in [1.29, 1.82) is 0 Å². The lowest BCUT2D eigenvalue weighted by Gasteiger charge is -2.08. The summed E-state index contributed by atoms with van der Waals surface area (Å²) in [7, 11) is 1.53. The smallest absolute Gasteiger partial charge is 0.291 e. The van der Waals surface area contributed by atoms with Crippen molar-refractivity contribution in [3.8, 4) is 5.75 Å². The molecule has 0 aliphatic carbocycles. The topological polar surface area (TPSA) is 89.6 Å². The number of anilines is 1. The molecule has 0 spiro atoms. The summed E-state index contributed by atoms with van der Waals surface area (Å²) in [5.41, 5.74) is 8.40. The molecule has 2 aromatic rings. The molecule has 1 aromatic carbocycles. The van der Waals surface area contributed by atoms with Crippen molar-refractivity contribution in [2.24, 2.45) is 5.10 Å². The second-order valence-corrected chi connectivity index (χ2v) is 6.41. The maximum absolute atomic E-state index is 12.1. The van der Waals surface area contributed by atoms with Crippen molar-refractivity contribution in [2.45, 2.75) is 0 Å². The van der Waals surface area contributed by atoms with E-state index in [1.807, 2.05) is 6.07 Å². The zero-order valence-corrected chi connectivity index (χ0v) is 16.0. The highest BCUT2D eigenvalue weighted by Gasteiger charge is 2.19. The van der Waals surface area contributed by atoms with Gasteiger partial charge in [0.1, 0.15) is 10.8 Å². The van der Waals surface area contributed by atoms with Crippen LogP contribution in [-0.4, -0.2) is 24.2 Å². The van der Waals surface area contributed by atoms with Crippen LogP contribution < -0.4 is 15.9 Å². The number of halogens is 4. The average molecular weight is 453 g/mol. The molecule has 10 heteroatoms. The number of carbonyl (C=O) groups excluding carboxylic acids is 1. The van der Waals surface area contributed by atoms with Crippen LogP contribution in [0.2, 0.25) is 15.2 Å². The SMILES string of the molecule is COc1ccc(Br)cc1/C=N/NC(=O)c1nc(Cl)c(Cl)c(N)c1Cl. The van der Waals surface area contributed by atoms with E-state index in [1.165, 1.54) is 13.3 Å². The van der Waals surface area contributed by atoms with Crippen molar-refractivity contribution in [3.05, 3.63) is 49.1 Å². The Kier molecular flexibility index (Phi) is 6.28. The number of benzene rings is 1. The fourth-order valence-electron chi connectivity index (χ4n) is 1.70. The molecule has 0 radical (unpaired) electrons. The van der Waals surface area contributed by atoms with Crippen LogP contribution in [0.15, 0.2) is 27.8 Å². The number of hydrogen-bond acceptors (Lipinski definition) is 5. The van der Waals surface area contributed by atoms with E-state index >= 15 is 0 Å². The van der Waals surface area contributed by atoms with Gasteiger partial charge < -0.3 is 10.5 Å². The highest BCUT2D eigenvalue weighted by Crippen LogP contribution is 2.34. The second kappa shape index (κ2) is 8.02. The van der Waals surface area contributed by atoms with Gasteiger partial charge in [-0.1, -0.05) is 50.7 Å². The first kappa shape index (κ1) is 18.8. The van der Waals surface area contributed by atoms with E-state index in [0.29, 0.717) is 11.3 Å². The molecule has 0 aliphatic heterocycles. The Labute approximate surface area is 161 Å². The summed E-state index contributed by atoms with van der Waals surface area (Å²) in [5.74, 6) is -0.0957. The van der Waals surface area contributed by atoms with Gasteiger partial charge in [0, 0.05) is 10.0 Å². The third kappa shape index (κ3) is 4.10. The standard InChI is InChI=1S/C14H10BrCl3N4O2/c1-24-8-3-2-7(15)4-6(8)5-20-22-14(23)12-9(16)11(19)10(17)13(18)21-12/h2-5H,1H3,(H2,19,21)(H,22,23)/b20-5+. The van der Waals surface area contributed by atoms with Crippen LogP contribution in [0.3, 0.4) is 0 Å². The normalized spacial score (nSPS) is 10.9. The number of methoxy groups -OCH3 is 1. The Hall–Kier alpha value is -1.54. The molecule has 0 saturated carbocycles. The van der Waals surface area contributed by atoms with Crippen molar-refractivity contribution in [2.75, 3.05) is 12.8 Å². The van der Waals surface area contributed by atoms with Crippen molar-refractivity contribution in [3.63, 3.8) is 0 Å². The molecular formula is C14H10BrCl3N4O2. The molecule has 1 amide bonds. The number of carbonyl (C=O) groups is 1. The molecule has 0 aliphatic rings. The summed E-state index contributed by atoms with van der Waals surface area (Å²) in [4.78, 5) is 15.9. The van der Waals surface area contributed by atoms with Crippen molar-refractivity contribution >= 4 is 68.5 Å². The van der Waals surface area contributed by atoms with Gasteiger partial charge in [-0.25, -0.2) is 10.4 Å². The summed E-state index contributed by atoms with van der Waals surface area (Å²) >= 11 is 20.9. The number of aromatic nitrogens is 1. The summed E-state index contributed by atoms with van der Waals surface area (Å²) in [6.45, 7) is 0. The molecule has 2 rings (SSSR count). The van der Waals surface area contributed by atoms with Gasteiger partial charge in [-0.3, -0.25) is 4.79 Å². The third-order valence-corrected chi connectivity index (χ3v) is 4.48. The van der Waals surface area contributed by atoms with E-state index in [1.54, 1.807) is 12.1 Å². The van der Waals surface area contributed by atoms with Crippen LogP contribution >= 0.6 is 50.7 Å². The average Bonchev–Trinajstić information content (AvgIpc) is 2.56. The number of pyridine rings is 1. The van der Waals surface area contributed by atoms with E-state index in [9.17, 15) is 4.79 Å². The molecule has 6 nitrogen and oxygen atoms in total. The highest BCUT2D eigenvalue weighted by molar-refractivity contribution is 9.10. The maximum atomic E-state index is 12.1. The molecule has 24 heavy (non-hydrogen) atoms. The Morgan fingerprint density at radius 3 is 2.75 bits per heavy atom. The van der Waals surface area contributed by atoms with Crippen LogP contribution in [0.25, 0.3) is 0 Å². The largest absolute Gasteiger partial charge is 0.496 e. The molecule has 1 aromatic heterocycles. The van der Waals surface area contributed by atoms with Crippen LogP contribution in [0.1, 0.15) is 16.1 Å². The highest BCUT2D eigenvalue weighted by atomic mass is 79.9. The molecule has 0 saturated heterocycles. The van der Waals surface area contributed by atoms with Gasteiger partial charge in [-0.15, -0.1) is 0 Å². The minimum absolute atomic E-state index is 0.0133. The van der Waals surface area contributed by atoms with Crippen LogP contribution in [0.4, 0.5) is 5.69 Å². The first-order valence-corrected chi connectivity index (χ1v) is 8.24. The van der Waals surface area contributed by atoms with Gasteiger partial charge in [0.05, 0.1) is 24.0 Å². The Balaban J connectivity index is 2.21. The fourth-order valence-corrected chi connectivity index (χ4v) is 2.67. The van der Waals surface area contributed by atoms with E-state index in [0.717, 1.165) is 4.47 Å². The van der Waals surface area contributed by atoms with Crippen molar-refractivity contribution in [1.82, 2.24) is 10.4 Å². The lowest BCUT2D eigenvalue weighted by Crippen LogP contribution is -2.20. The number of nitrogens with two attached hydrogens (primary N) is 1. The Bertz CT molecular complexity index is 830. The predicted molar refractivity (Wildman–Crippen MR) is 99.4 cm³/mol. The van der Waals surface area contributed by atoms with E-state index < -0.39 is 5.91 Å². The van der Waals surface area contributed by atoms with E-state index in [4.69, 9.17) is 45.3 Å². The van der Waals surface area contributed by atoms with Gasteiger partial charge in [0.2, 0.25) is 0 Å². The summed E-state index contributed by atoms with van der Waals surface area (Å²) in [5, 5.41) is 3.61. The molecule has 0 fully saturated rings. The van der Waals surface area contributed by atoms with E-state index in [-0.39, 0.29) is 26.6 Å². The number of nitrogens with zero attached hydrogens (tertiary/aromatic N) is 2. The minimum atomic E-state index is -0.685. The number of rotatable bonds is 4. The Morgan fingerprint density at radius 2 is 2.08 bits per heavy atom. The Morgan fingerprint density at radius 1 is 1.38 bits per heavy atom. The van der Waals surface area contributed by atoms with Gasteiger partial charge in [-0.05, 0) is 18.2 Å². The van der Waals surface area contributed by atoms with Gasteiger partial charge >= 0.3 is 0 Å². The van der Waals surface area contributed by atoms with E-state index in [2.05, 4.69) is 31.4 Å². The van der Waals surface area contributed by atoms with Crippen LogP contribution in [0.5, 0.6) is 5.75 Å². The molecule has 0 atom stereocenters. The lowest BCUT2D eigenvalue weighted by molar-refractivity contribution is 0.0950. The van der Waals surface area contributed by atoms with Gasteiger partial charge in [-0.2, -0.15) is 5.10 Å². The quantitative estimate of drug-likeness (QED) is 0.414. The molecule has 1 heterocycles. The molecular weight excluding hydrogens is 442 g/mol. The first-order valence-electron chi connectivity index (χ1n) is 6.32. The zero-order chi connectivity index (χ0) is 17.9. The number of hydrogen-bond donors (Lipinski definition) is 2. The minimum Gasteiger partial charge on any atom is -0.496 e. The van der Waals surface area contributed by atoms with Crippen LogP contribution in [0, 0.1) is 0 Å². The lowest BCUT2D eigenvalue weighted by atomic mass is 10.2. The number of amides is 1.